The first kappa shape index (κ1) is 13.6. The maximum absolute atomic E-state index is 11.6. The van der Waals surface area contributed by atoms with E-state index in [1.165, 1.54) is 10.7 Å². The van der Waals surface area contributed by atoms with Crippen LogP contribution in [0.3, 0.4) is 0 Å². The van der Waals surface area contributed by atoms with Crippen molar-refractivity contribution in [3.05, 3.63) is 64.1 Å². The normalized spacial score (nSPS) is 11.0. The van der Waals surface area contributed by atoms with Gasteiger partial charge in [0.1, 0.15) is 0 Å². The molecular weight excluding hydrogens is 260 g/mol. The fourth-order valence-electron chi connectivity index (χ4n) is 1.67. The number of nitrogens with zero attached hydrogens (tertiary/aromatic N) is 2. The third-order valence-corrected chi connectivity index (χ3v) is 2.90. The van der Waals surface area contributed by atoms with Gasteiger partial charge in [0.2, 0.25) is 0 Å². The van der Waals surface area contributed by atoms with Gasteiger partial charge in [-0.2, -0.15) is 5.10 Å². The molecule has 2 aromatic rings. The van der Waals surface area contributed by atoms with Crippen LogP contribution in [0.25, 0.3) is 12.2 Å². The van der Waals surface area contributed by atoms with Crippen molar-refractivity contribution >= 4 is 23.8 Å². The molecule has 3 nitrogen and oxygen atoms in total. The molecule has 0 unspecified atom stereocenters. The van der Waals surface area contributed by atoms with E-state index >= 15 is 0 Å². The van der Waals surface area contributed by atoms with Crippen LogP contribution in [0.15, 0.2) is 47.3 Å². The number of aryl methyl sites for hydroxylation is 1. The lowest BCUT2D eigenvalue weighted by molar-refractivity contribution is 0.567. The Kier molecular flexibility index (Phi) is 4.93. The Balaban J connectivity index is 2.17. The molecule has 0 radical (unpaired) electrons. The van der Waals surface area contributed by atoms with E-state index in [0.29, 0.717) is 12.4 Å². The van der Waals surface area contributed by atoms with Gasteiger partial charge >= 0.3 is 0 Å². The maximum Gasteiger partial charge on any atom is 0.266 e. The van der Waals surface area contributed by atoms with Gasteiger partial charge < -0.3 is 0 Å². The summed E-state index contributed by atoms with van der Waals surface area (Å²) < 4.78 is 1.45. The van der Waals surface area contributed by atoms with Crippen molar-refractivity contribution in [2.45, 2.75) is 13.0 Å². The van der Waals surface area contributed by atoms with Gasteiger partial charge in [-0.1, -0.05) is 36.4 Å². The van der Waals surface area contributed by atoms with Gasteiger partial charge in [0, 0.05) is 18.5 Å². The zero-order valence-corrected chi connectivity index (χ0v) is 11.3. The Hall–Kier alpha value is -1.87. The molecule has 0 saturated carbocycles. The van der Waals surface area contributed by atoms with E-state index < -0.39 is 0 Å². The molecule has 0 N–H and O–H groups in total. The highest BCUT2D eigenvalue weighted by molar-refractivity contribution is 6.17. The van der Waals surface area contributed by atoms with E-state index in [2.05, 4.69) is 5.10 Å². The van der Waals surface area contributed by atoms with E-state index in [-0.39, 0.29) is 5.56 Å². The average Bonchev–Trinajstić information content (AvgIpc) is 2.46. The van der Waals surface area contributed by atoms with Gasteiger partial charge in [-0.15, -0.1) is 11.6 Å². The van der Waals surface area contributed by atoms with E-state index in [1.54, 1.807) is 6.07 Å². The second-order valence-electron chi connectivity index (χ2n) is 4.11. The van der Waals surface area contributed by atoms with Crippen LogP contribution in [0.1, 0.15) is 17.7 Å². The monoisotopic (exact) mass is 274 g/mol. The van der Waals surface area contributed by atoms with E-state index in [1.807, 2.05) is 42.5 Å². The molecular formula is C15H15ClN2O. The maximum atomic E-state index is 11.6. The van der Waals surface area contributed by atoms with Crippen LogP contribution in [-0.2, 0) is 6.54 Å². The Morgan fingerprint density at radius 2 is 1.89 bits per heavy atom. The van der Waals surface area contributed by atoms with Crippen LogP contribution < -0.4 is 5.56 Å². The standard InChI is InChI=1S/C15H15ClN2O/c16-11-4-12-18-15(19)10-9-14(17-18)8-7-13-5-2-1-3-6-13/h1-3,5-10H,4,11-12H2. The molecule has 1 aromatic heterocycles. The molecule has 0 aliphatic rings. The van der Waals surface area contributed by atoms with Crippen LogP contribution >= 0.6 is 11.6 Å². The molecule has 0 amide bonds. The second kappa shape index (κ2) is 6.90. The van der Waals surface area contributed by atoms with Gasteiger partial charge in [-0.05, 0) is 24.1 Å². The van der Waals surface area contributed by atoms with E-state index in [0.717, 1.165) is 17.7 Å². The van der Waals surface area contributed by atoms with Gasteiger partial charge in [-0.3, -0.25) is 4.79 Å². The lowest BCUT2D eigenvalue weighted by Gasteiger charge is -2.03. The molecule has 19 heavy (non-hydrogen) atoms. The van der Waals surface area contributed by atoms with Crippen LogP contribution in [0.5, 0.6) is 0 Å². The number of aromatic nitrogens is 2. The summed E-state index contributed by atoms with van der Waals surface area (Å²) in [6.07, 6.45) is 4.60. The molecule has 0 saturated heterocycles. The van der Waals surface area contributed by atoms with E-state index in [9.17, 15) is 4.79 Å². The summed E-state index contributed by atoms with van der Waals surface area (Å²) in [7, 11) is 0. The molecule has 0 aliphatic carbocycles. The average molecular weight is 275 g/mol. The van der Waals surface area contributed by atoms with Crippen LogP contribution in [0.2, 0.25) is 0 Å². The van der Waals surface area contributed by atoms with Crippen molar-refractivity contribution in [2.75, 3.05) is 5.88 Å². The fraction of sp³-hybridized carbons (Fsp3) is 0.200. The quantitative estimate of drug-likeness (QED) is 0.786. The molecule has 1 aromatic carbocycles. The summed E-state index contributed by atoms with van der Waals surface area (Å²) >= 11 is 5.63. The van der Waals surface area contributed by atoms with Gasteiger partial charge in [0.25, 0.3) is 5.56 Å². The largest absolute Gasteiger partial charge is 0.268 e. The zero-order valence-electron chi connectivity index (χ0n) is 10.5. The van der Waals surface area contributed by atoms with Crippen molar-refractivity contribution in [3.63, 3.8) is 0 Å². The summed E-state index contributed by atoms with van der Waals surface area (Å²) in [5, 5.41) is 4.28. The Labute approximate surface area is 117 Å². The van der Waals surface area contributed by atoms with Crippen LogP contribution in [0.4, 0.5) is 0 Å². The molecule has 0 fully saturated rings. The Morgan fingerprint density at radius 3 is 2.63 bits per heavy atom. The highest BCUT2D eigenvalue weighted by Crippen LogP contribution is 2.04. The molecule has 98 valence electrons. The lowest BCUT2D eigenvalue weighted by atomic mass is 10.2. The molecule has 2 rings (SSSR count). The first-order chi connectivity index (χ1) is 9.29. The van der Waals surface area contributed by atoms with Crippen LogP contribution in [0, 0.1) is 0 Å². The fourth-order valence-corrected chi connectivity index (χ4v) is 1.79. The summed E-state index contributed by atoms with van der Waals surface area (Å²) in [5.74, 6) is 0.526. The number of alkyl halides is 1. The minimum atomic E-state index is -0.0954. The smallest absolute Gasteiger partial charge is 0.266 e. The number of halogens is 1. The summed E-state index contributed by atoms with van der Waals surface area (Å²) in [6, 6.07) is 13.2. The van der Waals surface area contributed by atoms with Gasteiger partial charge in [0.05, 0.1) is 5.69 Å². The number of hydrogen-bond acceptors (Lipinski definition) is 2. The SMILES string of the molecule is O=c1ccc(C=Cc2ccccc2)nn1CCCCl. The molecule has 4 heteroatoms. The minimum Gasteiger partial charge on any atom is -0.268 e. The molecule has 0 bridgehead atoms. The highest BCUT2D eigenvalue weighted by atomic mass is 35.5. The summed E-state index contributed by atoms with van der Waals surface area (Å²) in [5.41, 5.74) is 1.77. The Morgan fingerprint density at radius 1 is 1.11 bits per heavy atom. The Bertz CT molecular complexity index is 605. The van der Waals surface area contributed by atoms with Crippen LogP contribution in [-0.4, -0.2) is 15.7 Å². The second-order valence-corrected chi connectivity index (χ2v) is 4.48. The topological polar surface area (TPSA) is 34.9 Å². The highest BCUT2D eigenvalue weighted by Gasteiger charge is 1.98. The number of rotatable bonds is 5. The van der Waals surface area contributed by atoms with Crippen molar-refractivity contribution in [3.8, 4) is 0 Å². The van der Waals surface area contributed by atoms with Gasteiger partial charge in [-0.25, -0.2) is 4.68 Å². The van der Waals surface area contributed by atoms with Crippen molar-refractivity contribution in [1.82, 2.24) is 9.78 Å². The summed E-state index contributed by atoms with van der Waals surface area (Å²) in [4.78, 5) is 11.6. The first-order valence-corrected chi connectivity index (χ1v) is 6.70. The third-order valence-electron chi connectivity index (χ3n) is 2.64. The van der Waals surface area contributed by atoms with Gasteiger partial charge in [0.15, 0.2) is 0 Å². The predicted octanol–water partition coefficient (Wildman–Crippen LogP) is 3.04. The minimum absolute atomic E-state index is 0.0954. The molecule has 0 aliphatic heterocycles. The zero-order chi connectivity index (χ0) is 13.5. The third kappa shape index (κ3) is 4.07. The molecule has 0 atom stereocenters. The van der Waals surface area contributed by atoms with Crippen molar-refractivity contribution < 1.29 is 0 Å². The number of benzene rings is 1. The van der Waals surface area contributed by atoms with E-state index in [4.69, 9.17) is 11.6 Å². The number of hydrogen-bond donors (Lipinski definition) is 0. The lowest BCUT2D eigenvalue weighted by Crippen LogP contribution is -2.22. The molecule has 0 spiro atoms. The van der Waals surface area contributed by atoms with Crippen molar-refractivity contribution in [2.24, 2.45) is 0 Å². The first-order valence-electron chi connectivity index (χ1n) is 6.17. The molecule has 1 heterocycles. The van der Waals surface area contributed by atoms with Crippen molar-refractivity contribution in [1.29, 1.82) is 0 Å². The summed E-state index contributed by atoms with van der Waals surface area (Å²) in [6.45, 7) is 0.551. The predicted molar refractivity (Wildman–Crippen MR) is 79.2 cm³/mol.